The standard InChI is InChI=1S/C19H22IN3O2S2/c1-13-6-8-23(9-7-13)18(25)12-26-11-17(24)22-19-21-16(10-27-19)14-2-4-15(20)5-3-14/h2-5,10,13H,6-9,11-12H2,1H3,(H,21,22,24). The number of piperidine rings is 1. The lowest BCUT2D eigenvalue weighted by atomic mass is 9.99. The maximum Gasteiger partial charge on any atom is 0.236 e. The molecule has 1 aromatic carbocycles. The number of carbonyl (C=O) groups excluding carboxylic acids is 2. The summed E-state index contributed by atoms with van der Waals surface area (Å²) >= 11 is 5.04. The van der Waals surface area contributed by atoms with Crippen LogP contribution in [-0.4, -0.2) is 46.3 Å². The van der Waals surface area contributed by atoms with Crippen LogP contribution in [0.2, 0.25) is 0 Å². The Hall–Kier alpha value is -1.13. The van der Waals surface area contributed by atoms with E-state index >= 15 is 0 Å². The predicted octanol–water partition coefficient (Wildman–Crippen LogP) is 4.34. The first-order chi connectivity index (χ1) is 13.0. The Morgan fingerprint density at radius 2 is 1.96 bits per heavy atom. The molecule has 2 aromatic rings. The molecule has 0 spiro atoms. The maximum atomic E-state index is 12.2. The van der Waals surface area contributed by atoms with Gasteiger partial charge in [-0.1, -0.05) is 19.1 Å². The number of hydrogen-bond donors (Lipinski definition) is 1. The number of carbonyl (C=O) groups is 2. The summed E-state index contributed by atoms with van der Waals surface area (Å²) in [7, 11) is 0. The first-order valence-electron chi connectivity index (χ1n) is 8.88. The highest BCUT2D eigenvalue weighted by Crippen LogP contribution is 2.25. The Balaban J connectivity index is 1.42. The van der Waals surface area contributed by atoms with Crippen molar-refractivity contribution in [3.05, 3.63) is 33.2 Å². The van der Waals surface area contributed by atoms with Crippen LogP contribution in [0.15, 0.2) is 29.6 Å². The van der Waals surface area contributed by atoms with E-state index in [1.807, 2.05) is 34.5 Å². The number of amides is 2. The topological polar surface area (TPSA) is 62.3 Å². The Morgan fingerprint density at radius 1 is 1.26 bits per heavy atom. The van der Waals surface area contributed by atoms with Crippen LogP contribution in [-0.2, 0) is 9.59 Å². The number of thioether (sulfide) groups is 1. The van der Waals surface area contributed by atoms with E-state index in [4.69, 9.17) is 0 Å². The van der Waals surface area contributed by atoms with Gasteiger partial charge in [-0.25, -0.2) is 4.98 Å². The molecule has 8 heteroatoms. The summed E-state index contributed by atoms with van der Waals surface area (Å²) in [6.07, 6.45) is 2.15. The Labute approximate surface area is 181 Å². The summed E-state index contributed by atoms with van der Waals surface area (Å²) in [5, 5.41) is 5.35. The fourth-order valence-corrected chi connectivity index (χ4v) is 4.63. The van der Waals surface area contributed by atoms with Crippen LogP contribution in [0.25, 0.3) is 11.3 Å². The highest BCUT2D eigenvalue weighted by atomic mass is 127. The lowest BCUT2D eigenvalue weighted by Gasteiger charge is -2.30. The maximum absolute atomic E-state index is 12.2. The molecule has 1 saturated heterocycles. The van der Waals surface area contributed by atoms with Gasteiger partial charge in [-0.15, -0.1) is 23.1 Å². The molecule has 0 bridgehead atoms. The van der Waals surface area contributed by atoms with Gasteiger partial charge in [-0.3, -0.25) is 9.59 Å². The molecule has 2 amide bonds. The highest BCUT2D eigenvalue weighted by Gasteiger charge is 2.20. The van der Waals surface area contributed by atoms with Crippen LogP contribution in [0.3, 0.4) is 0 Å². The van der Waals surface area contributed by atoms with Gasteiger partial charge in [-0.05, 0) is 53.5 Å². The lowest BCUT2D eigenvalue weighted by Crippen LogP contribution is -2.39. The smallest absolute Gasteiger partial charge is 0.236 e. The van der Waals surface area contributed by atoms with E-state index in [1.165, 1.54) is 26.7 Å². The van der Waals surface area contributed by atoms with Crippen LogP contribution < -0.4 is 5.32 Å². The second-order valence-electron chi connectivity index (χ2n) is 6.65. The number of rotatable bonds is 6. The van der Waals surface area contributed by atoms with Gasteiger partial charge in [0.15, 0.2) is 5.13 Å². The Morgan fingerprint density at radius 3 is 2.67 bits per heavy atom. The molecule has 0 saturated carbocycles. The molecule has 0 unspecified atom stereocenters. The monoisotopic (exact) mass is 515 g/mol. The predicted molar refractivity (Wildman–Crippen MR) is 121 cm³/mol. The second-order valence-corrected chi connectivity index (χ2v) is 9.74. The van der Waals surface area contributed by atoms with Gasteiger partial charge in [0.05, 0.1) is 17.2 Å². The van der Waals surface area contributed by atoms with E-state index in [2.05, 4.69) is 39.8 Å². The summed E-state index contributed by atoms with van der Waals surface area (Å²) in [4.78, 5) is 30.7. The minimum atomic E-state index is -0.122. The van der Waals surface area contributed by atoms with Crippen molar-refractivity contribution >= 4 is 62.6 Å². The van der Waals surface area contributed by atoms with Crippen LogP contribution in [0.1, 0.15) is 19.8 Å². The van der Waals surface area contributed by atoms with Gasteiger partial charge in [0.2, 0.25) is 11.8 Å². The second kappa shape index (κ2) is 9.88. The number of nitrogens with zero attached hydrogens (tertiary/aromatic N) is 2. The number of halogens is 1. The van der Waals surface area contributed by atoms with Crippen molar-refractivity contribution in [3.8, 4) is 11.3 Å². The summed E-state index contributed by atoms with van der Waals surface area (Å²) in [5.74, 6) is 1.33. The van der Waals surface area contributed by atoms with Gasteiger partial charge in [0, 0.05) is 27.6 Å². The van der Waals surface area contributed by atoms with Crippen molar-refractivity contribution in [1.29, 1.82) is 0 Å². The number of thiazole rings is 1. The molecule has 0 aliphatic carbocycles. The minimum Gasteiger partial charge on any atom is -0.342 e. The fourth-order valence-electron chi connectivity index (χ4n) is 2.82. The van der Waals surface area contributed by atoms with Gasteiger partial charge in [0.25, 0.3) is 0 Å². The zero-order valence-corrected chi connectivity index (χ0v) is 18.9. The summed E-state index contributed by atoms with van der Waals surface area (Å²) in [6.45, 7) is 3.91. The molecule has 1 fully saturated rings. The van der Waals surface area contributed by atoms with Gasteiger partial charge < -0.3 is 10.2 Å². The van der Waals surface area contributed by atoms with Crippen molar-refractivity contribution in [2.24, 2.45) is 5.92 Å². The molecule has 1 N–H and O–H groups in total. The van der Waals surface area contributed by atoms with Crippen molar-refractivity contribution in [3.63, 3.8) is 0 Å². The molecule has 27 heavy (non-hydrogen) atoms. The van der Waals surface area contributed by atoms with Crippen molar-refractivity contribution in [2.45, 2.75) is 19.8 Å². The van der Waals surface area contributed by atoms with E-state index in [0.717, 1.165) is 37.2 Å². The molecule has 144 valence electrons. The van der Waals surface area contributed by atoms with Crippen molar-refractivity contribution in [1.82, 2.24) is 9.88 Å². The highest BCUT2D eigenvalue weighted by molar-refractivity contribution is 14.1. The summed E-state index contributed by atoms with van der Waals surface area (Å²) < 4.78 is 1.17. The number of benzene rings is 1. The summed E-state index contributed by atoms with van der Waals surface area (Å²) in [5.41, 5.74) is 1.89. The van der Waals surface area contributed by atoms with E-state index in [9.17, 15) is 9.59 Å². The van der Waals surface area contributed by atoms with Crippen molar-refractivity contribution < 1.29 is 9.59 Å². The van der Waals surface area contributed by atoms with Gasteiger partial charge in [0.1, 0.15) is 0 Å². The van der Waals surface area contributed by atoms with Crippen LogP contribution >= 0.6 is 45.7 Å². The molecule has 3 rings (SSSR count). The van der Waals surface area contributed by atoms with Crippen LogP contribution in [0.5, 0.6) is 0 Å². The van der Waals surface area contributed by atoms with Gasteiger partial charge >= 0.3 is 0 Å². The third-order valence-corrected chi connectivity index (χ3v) is 6.88. The van der Waals surface area contributed by atoms with Gasteiger partial charge in [-0.2, -0.15) is 0 Å². The molecule has 5 nitrogen and oxygen atoms in total. The third kappa shape index (κ3) is 6.18. The quantitative estimate of drug-likeness (QED) is 0.582. The molecule has 1 aliphatic rings. The largest absolute Gasteiger partial charge is 0.342 e. The molecule has 1 aromatic heterocycles. The van der Waals surface area contributed by atoms with Crippen LogP contribution in [0, 0.1) is 9.49 Å². The lowest BCUT2D eigenvalue weighted by molar-refractivity contribution is -0.129. The van der Waals surface area contributed by atoms with E-state index in [-0.39, 0.29) is 17.6 Å². The van der Waals surface area contributed by atoms with Crippen molar-refractivity contribution in [2.75, 3.05) is 29.9 Å². The zero-order valence-electron chi connectivity index (χ0n) is 15.1. The average Bonchev–Trinajstić information content (AvgIpc) is 3.11. The third-order valence-electron chi connectivity index (χ3n) is 4.49. The van der Waals surface area contributed by atoms with E-state index < -0.39 is 0 Å². The first kappa shape index (κ1) is 20.6. The normalized spacial score (nSPS) is 15.0. The molecular weight excluding hydrogens is 493 g/mol. The molecule has 0 atom stereocenters. The fraction of sp³-hybridized carbons (Fsp3) is 0.421. The number of anilines is 1. The number of nitrogens with one attached hydrogen (secondary N) is 1. The number of aromatic nitrogens is 1. The minimum absolute atomic E-state index is 0.122. The molecule has 0 radical (unpaired) electrons. The molecule has 2 heterocycles. The number of likely N-dealkylation sites (tertiary alicyclic amines) is 1. The SMILES string of the molecule is CC1CCN(C(=O)CSCC(=O)Nc2nc(-c3ccc(I)cc3)cs2)CC1. The van der Waals surface area contributed by atoms with E-state index in [0.29, 0.717) is 16.8 Å². The average molecular weight is 515 g/mol. The Bertz CT molecular complexity index is 787. The van der Waals surface area contributed by atoms with E-state index in [1.54, 1.807) is 0 Å². The number of hydrogen-bond acceptors (Lipinski definition) is 5. The molecule has 1 aliphatic heterocycles. The molecular formula is C19H22IN3O2S2. The Kier molecular flexibility index (Phi) is 7.54. The summed E-state index contributed by atoms with van der Waals surface area (Å²) in [6, 6.07) is 8.10. The van der Waals surface area contributed by atoms with Crippen LogP contribution in [0.4, 0.5) is 5.13 Å². The first-order valence-corrected chi connectivity index (χ1v) is 12.0. The zero-order chi connectivity index (χ0) is 19.2.